The summed E-state index contributed by atoms with van der Waals surface area (Å²) in [6, 6.07) is 0.594. The van der Waals surface area contributed by atoms with E-state index in [0.717, 1.165) is 18.7 Å². The number of methoxy groups -OCH3 is 1. The summed E-state index contributed by atoms with van der Waals surface area (Å²) < 4.78 is 11.5. The molecule has 0 spiro atoms. The van der Waals surface area contributed by atoms with Crippen LogP contribution >= 0.6 is 11.8 Å². The van der Waals surface area contributed by atoms with Gasteiger partial charge in [0.25, 0.3) is 0 Å². The molecule has 0 radical (unpaired) electrons. The van der Waals surface area contributed by atoms with Gasteiger partial charge in [-0.25, -0.2) is 0 Å². The predicted molar refractivity (Wildman–Crippen MR) is 95.5 cm³/mol. The van der Waals surface area contributed by atoms with Crippen LogP contribution in [0.15, 0.2) is 0 Å². The number of likely N-dealkylation sites (tertiary alicyclic amines) is 1. The van der Waals surface area contributed by atoms with E-state index >= 15 is 0 Å². The molecule has 23 heavy (non-hydrogen) atoms. The molecule has 3 saturated heterocycles. The number of epoxide rings is 1. The smallest absolute Gasteiger partial charge is 0.152 e. The monoisotopic (exact) mass is 343 g/mol. The van der Waals surface area contributed by atoms with Crippen molar-refractivity contribution in [2.75, 3.05) is 40.0 Å². The van der Waals surface area contributed by atoms with E-state index in [4.69, 9.17) is 9.47 Å². The molecule has 0 saturated carbocycles. The maximum Gasteiger partial charge on any atom is 0.152 e. The normalized spacial score (nSPS) is 40.4. The van der Waals surface area contributed by atoms with Crippen LogP contribution in [0.1, 0.15) is 32.6 Å². The SMILES string of the molecule is COC(CCSC1NC2OC2N(C)CC1C)C1CCCCN1C. The molecule has 3 aliphatic rings. The van der Waals surface area contributed by atoms with E-state index in [2.05, 4.69) is 36.1 Å². The molecule has 3 aliphatic heterocycles. The number of likely N-dealkylation sites (N-methyl/N-ethyl adjacent to an activating group) is 2. The van der Waals surface area contributed by atoms with Gasteiger partial charge in [0.2, 0.25) is 0 Å². The van der Waals surface area contributed by atoms with Gasteiger partial charge in [0, 0.05) is 19.7 Å². The van der Waals surface area contributed by atoms with Crippen LogP contribution < -0.4 is 5.32 Å². The molecule has 134 valence electrons. The van der Waals surface area contributed by atoms with Gasteiger partial charge in [0.05, 0.1) is 11.5 Å². The molecular formula is C17H33N3O2S. The summed E-state index contributed by atoms with van der Waals surface area (Å²) >= 11 is 2.04. The summed E-state index contributed by atoms with van der Waals surface area (Å²) in [6.45, 7) is 4.66. The van der Waals surface area contributed by atoms with E-state index in [9.17, 15) is 0 Å². The molecule has 3 fully saturated rings. The summed E-state index contributed by atoms with van der Waals surface area (Å²) in [6.07, 6.45) is 5.98. The van der Waals surface area contributed by atoms with Crippen molar-refractivity contribution >= 4 is 11.8 Å². The quantitative estimate of drug-likeness (QED) is 0.742. The van der Waals surface area contributed by atoms with Crippen LogP contribution in [0.25, 0.3) is 0 Å². The third kappa shape index (κ3) is 4.41. The van der Waals surface area contributed by atoms with Crippen LogP contribution in [-0.2, 0) is 9.47 Å². The number of hydrogen-bond acceptors (Lipinski definition) is 6. The third-order valence-electron chi connectivity index (χ3n) is 5.58. The number of fused-ring (bicyclic) bond motifs is 1. The summed E-state index contributed by atoms with van der Waals surface area (Å²) in [5.74, 6) is 1.78. The second-order valence-corrected chi connectivity index (χ2v) is 8.68. The summed E-state index contributed by atoms with van der Waals surface area (Å²) in [5.41, 5.74) is 0. The molecule has 6 unspecified atom stereocenters. The maximum atomic E-state index is 5.84. The van der Waals surface area contributed by atoms with Crippen molar-refractivity contribution in [3.05, 3.63) is 0 Å². The van der Waals surface area contributed by atoms with Crippen molar-refractivity contribution in [3.8, 4) is 0 Å². The summed E-state index contributed by atoms with van der Waals surface area (Å²) in [5, 5.41) is 4.14. The topological polar surface area (TPSA) is 40.3 Å². The first kappa shape index (κ1) is 18.0. The van der Waals surface area contributed by atoms with Crippen LogP contribution in [0.3, 0.4) is 0 Å². The zero-order chi connectivity index (χ0) is 16.4. The highest BCUT2D eigenvalue weighted by Crippen LogP contribution is 2.32. The summed E-state index contributed by atoms with van der Waals surface area (Å²) in [4.78, 5) is 4.82. The van der Waals surface area contributed by atoms with E-state index in [-0.39, 0.29) is 6.23 Å². The van der Waals surface area contributed by atoms with Gasteiger partial charge < -0.3 is 14.4 Å². The molecule has 5 nitrogen and oxygen atoms in total. The van der Waals surface area contributed by atoms with Crippen LogP contribution in [0.4, 0.5) is 0 Å². The Balaban J connectivity index is 1.45. The Hall–Kier alpha value is 0.150. The number of nitrogens with zero attached hydrogens (tertiary/aromatic N) is 2. The fraction of sp³-hybridized carbons (Fsp3) is 1.00. The first-order chi connectivity index (χ1) is 11.1. The Morgan fingerprint density at radius 2 is 2.13 bits per heavy atom. The Labute approximate surface area is 145 Å². The van der Waals surface area contributed by atoms with Crippen molar-refractivity contribution in [1.82, 2.24) is 15.1 Å². The number of thioether (sulfide) groups is 1. The Morgan fingerprint density at radius 3 is 2.87 bits per heavy atom. The van der Waals surface area contributed by atoms with E-state index in [1.165, 1.54) is 25.8 Å². The Kier molecular flexibility index (Phi) is 6.26. The molecule has 6 atom stereocenters. The van der Waals surface area contributed by atoms with Crippen LogP contribution in [0.5, 0.6) is 0 Å². The van der Waals surface area contributed by atoms with Crippen LogP contribution in [0, 0.1) is 5.92 Å². The Morgan fingerprint density at radius 1 is 1.30 bits per heavy atom. The van der Waals surface area contributed by atoms with E-state index in [1.807, 2.05) is 18.9 Å². The summed E-state index contributed by atoms with van der Waals surface area (Å²) in [7, 11) is 6.29. The molecule has 0 aromatic carbocycles. The average molecular weight is 344 g/mol. The van der Waals surface area contributed by atoms with Gasteiger partial charge >= 0.3 is 0 Å². The molecule has 0 aromatic heterocycles. The van der Waals surface area contributed by atoms with Gasteiger partial charge in [-0.05, 0) is 51.6 Å². The number of hydrogen-bond donors (Lipinski definition) is 1. The van der Waals surface area contributed by atoms with Gasteiger partial charge in [-0.1, -0.05) is 13.3 Å². The lowest BCUT2D eigenvalue weighted by Crippen LogP contribution is -2.45. The van der Waals surface area contributed by atoms with Gasteiger partial charge in [-0.2, -0.15) is 0 Å². The molecule has 3 heterocycles. The van der Waals surface area contributed by atoms with Crippen molar-refractivity contribution in [1.29, 1.82) is 0 Å². The highest BCUT2D eigenvalue weighted by atomic mass is 32.2. The second kappa shape index (κ2) is 8.02. The lowest BCUT2D eigenvalue weighted by atomic mass is 9.96. The number of nitrogens with one attached hydrogen (secondary N) is 1. The second-order valence-electron chi connectivity index (χ2n) is 7.43. The van der Waals surface area contributed by atoms with Crippen LogP contribution in [-0.4, -0.2) is 79.8 Å². The maximum absolute atomic E-state index is 5.84. The van der Waals surface area contributed by atoms with E-state index in [0.29, 0.717) is 29.7 Å². The largest absolute Gasteiger partial charge is 0.380 e. The van der Waals surface area contributed by atoms with Crippen molar-refractivity contribution in [3.63, 3.8) is 0 Å². The molecule has 0 amide bonds. The zero-order valence-corrected chi connectivity index (χ0v) is 15.8. The molecule has 6 heteroatoms. The standard InChI is InChI=1S/C17H33N3O2S/c1-12-11-20(3)17-15(22-17)18-16(12)23-10-8-14(21-4)13-7-5-6-9-19(13)2/h12-18H,5-11H2,1-4H3. The zero-order valence-electron chi connectivity index (χ0n) is 15.0. The molecular weight excluding hydrogens is 310 g/mol. The minimum absolute atomic E-state index is 0.241. The lowest BCUT2D eigenvalue weighted by Gasteiger charge is -2.37. The highest BCUT2D eigenvalue weighted by Gasteiger charge is 2.47. The van der Waals surface area contributed by atoms with Crippen molar-refractivity contribution in [2.45, 2.75) is 62.6 Å². The van der Waals surface area contributed by atoms with Gasteiger partial charge in [-0.3, -0.25) is 10.2 Å². The number of ether oxygens (including phenoxy) is 2. The molecule has 1 N–H and O–H groups in total. The molecule has 0 aromatic rings. The number of rotatable bonds is 6. The van der Waals surface area contributed by atoms with Crippen molar-refractivity contribution < 1.29 is 9.47 Å². The first-order valence-electron chi connectivity index (χ1n) is 9.06. The Bertz CT molecular complexity index is 385. The molecule has 0 bridgehead atoms. The van der Waals surface area contributed by atoms with Gasteiger partial charge in [0.15, 0.2) is 12.5 Å². The fourth-order valence-electron chi connectivity index (χ4n) is 4.10. The van der Waals surface area contributed by atoms with Gasteiger partial charge in [0.1, 0.15) is 0 Å². The van der Waals surface area contributed by atoms with E-state index in [1.54, 1.807) is 0 Å². The first-order valence-corrected chi connectivity index (χ1v) is 10.1. The fourth-order valence-corrected chi connectivity index (χ4v) is 5.37. The third-order valence-corrected chi connectivity index (χ3v) is 7.01. The van der Waals surface area contributed by atoms with Crippen molar-refractivity contribution in [2.24, 2.45) is 5.92 Å². The minimum atomic E-state index is 0.241. The molecule has 0 aliphatic carbocycles. The number of piperidine rings is 1. The van der Waals surface area contributed by atoms with Crippen LogP contribution in [0.2, 0.25) is 0 Å². The predicted octanol–water partition coefficient (Wildman–Crippen LogP) is 1.79. The van der Waals surface area contributed by atoms with Gasteiger partial charge in [-0.15, -0.1) is 11.8 Å². The highest BCUT2D eigenvalue weighted by molar-refractivity contribution is 7.99. The lowest BCUT2D eigenvalue weighted by molar-refractivity contribution is 0.00631. The molecule has 3 rings (SSSR count). The average Bonchev–Trinajstić information content (AvgIpc) is 3.31. The van der Waals surface area contributed by atoms with E-state index < -0.39 is 0 Å². The minimum Gasteiger partial charge on any atom is -0.380 e.